The van der Waals surface area contributed by atoms with Gasteiger partial charge in [0.05, 0.1) is 24.8 Å². The first-order valence-electron chi connectivity index (χ1n) is 9.70. The Labute approximate surface area is 182 Å². The predicted octanol–water partition coefficient (Wildman–Crippen LogP) is 1.57. The summed E-state index contributed by atoms with van der Waals surface area (Å²) in [5.41, 5.74) is 9.31. The highest BCUT2D eigenvalue weighted by Gasteiger charge is 2.27. The molecule has 1 fully saturated rings. The summed E-state index contributed by atoms with van der Waals surface area (Å²) < 4.78 is 16.2. The van der Waals surface area contributed by atoms with E-state index in [2.05, 4.69) is 31.7 Å². The summed E-state index contributed by atoms with van der Waals surface area (Å²) >= 11 is 0. The van der Waals surface area contributed by atoms with Crippen LogP contribution in [0, 0.1) is 11.3 Å². The summed E-state index contributed by atoms with van der Waals surface area (Å²) in [4.78, 5) is 30.7. The van der Waals surface area contributed by atoms with Crippen molar-refractivity contribution < 1.29 is 23.6 Å². The third kappa shape index (κ3) is 4.64. The summed E-state index contributed by atoms with van der Waals surface area (Å²) in [6.07, 6.45) is 0.851. The molecule has 1 saturated heterocycles. The number of carbonyl (C=O) groups is 1. The smallest absolute Gasteiger partial charge is 0.284 e. The first-order valence-corrected chi connectivity index (χ1v) is 9.70. The molecule has 3 N–H and O–H groups in total. The van der Waals surface area contributed by atoms with Crippen molar-refractivity contribution in [2.24, 2.45) is 0 Å². The van der Waals surface area contributed by atoms with Crippen LogP contribution in [0.5, 0.6) is 5.88 Å². The predicted molar refractivity (Wildman–Crippen MR) is 108 cm³/mol. The number of nitriles is 1. The van der Waals surface area contributed by atoms with Crippen LogP contribution < -0.4 is 16.0 Å². The molecule has 3 aromatic rings. The molecule has 164 valence electrons. The van der Waals surface area contributed by atoms with Gasteiger partial charge in [-0.15, -0.1) is 0 Å². The first kappa shape index (κ1) is 21.2. The van der Waals surface area contributed by atoms with Crippen LogP contribution in [-0.4, -0.2) is 45.3 Å². The van der Waals surface area contributed by atoms with E-state index in [0.29, 0.717) is 30.8 Å². The molecule has 2 aromatic heterocycles. The maximum absolute atomic E-state index is 12.9. The number of amides is 1. The molecule has 12 nitrogen and oxygen atoms in total. The van der Waals surface area contributed by atoms with Crippen molar-refractivity contribution >= 4 is 11.7 Å². The van der Waals surface area contributed by atoms with Crippen LogP contribution >= 0.6 is 0 Å². The molecule has 0 saturated carbocycles. The number of aromatic nitrogens is 4. The number of hydrogen-bond donors (Lipinski definition) is 2. The number of nitrogens with zero attached hydrogens (tertiary/aromatic N) is 5. The Hall–Kier alpha value is -4.08. The summed E-state index contributed by atoms with van der Waals surface area (Å²) in [5.74, 6) is -0.443. The van der Waals surface area contributed by atoms with E-state index in [0.717, 1.165) is 0 Å². The fourth-order valence-corrected chi connectivity index (χ4v) is 2.98. The lowest BCUT2D eigenvalue weighted by molar-refractivity contribution is -0.0222. The average Bonchev–Trinajstić information content (AvgIpc) is 3.51. The number of hydroxylamine groups is 1. The number of hydrogen-bond acceptors (Lipinski definition) is 11. The number of ether oxygens (including phenoxy) is 2. The molecule has 0 aliphatic carbocycles. The molecule has 1 amide bonds. The maximum Gasteiger partial charge on any atom is 0.284 e. The highest BCUT2D eigenvalue weighted by molar-refractivity contribution is 6.00. The minimum absolute atomic E-state index is 0.0168. The van der Waals surface area contributed by atoms with Crippen LogP contribution in [0.3, 0.4) is 0 Å². The second-order valence-electron chi connectivity index (χ2n) is 6.88. The topological polar surface area (TPSA) is 171 Å². The van der Waals surface area contributed by atoms with Crippen LogP contribution in [0.25, 0.3) is 11.4 Å². The van der Waals surface area contributed by atoms with Gasteiger partial charge in [-0.05, 0) is 19.1 Å². The van der Waals surface area contributed by atoms with Gasteiger partial charge in [-0.1, -0.05) is 17.3 Å². The molecule has 12 heteroatoms. The molecule has 1 aliphatic rings. The molecular formula is C20H19N7O5. The monoisotopic (exact) mass is 437 g/mol. The van der Waals surface area contributed by atoms with E-state index in [1.54, 1.807) is 31.2 Å². The Kier molecular flexibility index (Phi) is 6.20. The lowest BCUT2D eigenvalue weighted by atomic mass is 10.1. The highest BCUT2D eigenvalue weighted by Crippen LogP contribution is 2.28. The summed E-state index contributed by atoms with van der Waals surface area (Å²) in [6, 6.07) is 8.76. The zero-order chi connectivity index (χ0) is 22.5. The number of nitrogens with one attached hydrogen (secondary N) is 1. The zero-order valence-corrected chi connectivity index (χ0v) is 17.0. The van der Waals surface area contributed by atoms with Gasteiger partial charge in [0.15, 0.2) is 18.3 Å². The van der Waals surface area contributed by atoms with Gasteiger partial charge < -0.3 is 19.7 Å². The van der Waals surface area contributed by atoms with Crippen molar-refractivity contribution in [3.05, 3.63) is 47.6 Å². The van der Waals surface area contributed by atoms with Crippen LogP contribution in [0.2, 0.25) is 0 Å². The van der Waals surface area contributed by atoms with Gasteiger partial charge >= 0.3 is 0 Å². The van der Waals surface area contributed by atoms with Gasteiger partial charge in [0, 0.05) is 12.0 Å². The van der Waals surface area contributed by atoms with E-state index in [4.69, 9.17) is 29.8 Å². The van der Waals surface area contributed by atoms with Crippen molar-refractivity contribution in [1.82, 2.24) is 25.6 Å². The molecular weight excluding hydrogens is 418 g/mol. The lowest BCUT2D eigenvalue weighted by Gasteiger charge is -2.17. The fourth-order valence-electron chi connectivity index (χ4n) is 2.98. The van der Waals surface area contributed by atoms with Crippen molar-refractivity contribution in [2.45, 2.75) is 25.6 Å². The van der Waals surface area contributed by atoms with Crippen molar-refractivity contribution in [2.75, 3.05) is 18.9 Å². The normalized spacial score (nSPS) is 16.3. The first-order chi connectivity index (χ1) is 15.5. The van der Waals surface area contributed by atoms with Gasteiger partial charge in [0.1, 0.15) is 17.5 Å². The third-order valence-corrected chi connectivity index (χ3v) is 4.60. The Bertz CT molecular complexity index is 1140. The number of nitrogens with two attached hydrogens (primary N) is 1. The van der Waals surface area contributed by atoms with Crippen molar-refractivity contribution in [3.63, 3.8) is 0 Å². The molecule has 32 heavy (non-hydrogen) atoms. The second-order valence-corrected chi connectivity index (χ2v) is 6.88. The zero-order valence-electron chi connectivity index (χ0n) is 17.0. The maximum atomic E-state index is 12.9. The summed E-state index contributed by atoms with van der Waals surface area (Å²) in [5, 5.41) is 12.7. The molecule has 0 bridgehead atoms. The Balaban J connectivity index is 1.63. The lowest BCUT2D eigenvalue weighted by Crippen LogP contribution is -2.29. The molecule has 0 spiro atoms. The Morgan fingerprint density at radius 2 is 2.28 bits per heavy atom. The van der Waals surface area contributed by atoms with Gasteiger partial charge in [-0.3, -0.25) is 9.63 Å². The van der Waals surface area contributed by atoms with Crippen molar-refractivity contribution in [1.29, 1.82) is 5.26 Å². The highest BCUT2D eigenvalue weighted by atomic mass is 16.7. The molecule has 0 radical (unpaired) electrons. The van der Waals surface area contributed by atoms with Gasteiger partial charge in [-0.2, -0.15) is 15.2 Å². The van der Waals surface area contributed by atoms with Gasteiger partial charge in [0.25, 0.3) is 11.8 Å². The molecule has 1 aromatic carbocycles. The number of nitrogen functional groups attached to an aromatic ring is 1. The van der Waals surface area contributed by atoms with Crippen LogP contribution in [0.15, 0.2) is 35.1 Å². The standard InChI is InChI=1S/C20H19N7O5/c1-11(19-23-10-24-32-19)31-27-18(28)15-16(22)25-17(13-4-2-3-12(7-13)8-21)26-20(15)30-14-5-6-29-9-14/h2-4,7,10-11,14H,5-6,9H2,1H3,(H,27,28)(H2,22,25,26)/t11?,14-/m0/s1. The second kappa shape index (κ2) is 9.38. The summed E-state index contributed by atoms with van der Waals surface area (Å²) in [6.45, 7) is 2.51. The van der Waals surface area contributed by atoms with E-state index in [9.17, 15) is 4.79 Å². The molecule has 4 rings (SSSR count). The van der Waals surface area contributed by atoms with Crippen LogP contribution in [0.4, 0.5) is 5.82 Å². The minimum Gasteiger partial charge on any atom is -0.471 e. The molecule has 3 heterocycles. The number of carbonyl (C=O) groups excluding carboxylic acids is 1. The molecule has 1 unspecified atom stereocenters. The van der Waals surface area contributed by atoms with E-state index >= 15 is 0 Å². The van der Waals surface area contributed by atoms with E-state index < -0.39 is 12.0 Å². The fraction of sp³-hybridized carbons (Fsp3) is 0.300. The Morgan fingerprint density at radius 3 is 3.00 bits per heavy atom. The van der Waals surface area contributed by atoms with E-state index in [1.165, 1.54) is 6.33 Å². The van der Waals surface area contributed by atoms with Crippen LogP contribution in [-0.2, 0) is 9.57 Å². The molecule has 2 atom stereocenters. The van der Waals surface area contributed by atoms with Crippen LogP contribution in [0.1, 0.15) is 41.3 Å². The van der Waals surface area contributed by atoms with E-state index in [1.807, 2.05) is 0 Å². The van der Waals surface area contributed by atoms with Gasteiger partial charge in [-0.25, -0.2) is 10.5 Å². The third-order valence-electron chi connectivity index (χ3n) is 4.60. The van der Waals surface area contributed by atoms with Gasteiger partial charge in [0.2, 0.25) is 5.88 Å². The average molecular weight is 437 g/mol. The molecule has 1 aliphatic heterocycles. The number of anilines is 1. The quantitative estimate of drug-likeness (QED) is 0.514. The number of rotatable bonds is 7. The number of benzene rings is 1. The van der Waals surface area contributed by atoms with Crippen molar-refractivity contribution in [3.8, 4) is 23.3 Å². The SMILES string of the molecule is CC(ONC(=O)c1c(N)nc(-c2cccc(C#N)c2)nc1O[C@H]1CCOC1)c1ncno1. The van der Waals surface area contributed by atoms with E-state index in [-0.39, 0.29) is 35.1 Å². The Morgan fingerprint density at radius 1 is 1.41 bits per heavy atom. The summed E-state index contributed by atoms with van der Waals surface area (Å²) in [7, 11) is 0. The largest absolute Gasteiger partial charge is 0.471 e. The minimum atomic E-state index is -0.708.